The SMILES string of the molecule is Cc1nn(C)c(N(CC(=O)O)CC(F)(F)F)c1[N+](=O)[O-]. The molecule has 1 rings (SSSR count). The molecule has 0 unspecified atom stereocenters. The largest absolute Gasteiger partial charge is 0.480 e. The first-order valence-electron chi connectivity index (χ1n) is 5.24. The molecule has 11 heteroatoms. The Balaban J connectivity index is 3.33. The van der Waals surface area contributed by atoms with E-state index in [1.807, 2.05) is 0 Å². The molecule has 0 saturated heterocycles. The Morgan fingerprint density at radius 1 is 1.55 bits per heavy atom. The van der Waals surface area contributed by atoms with Crippen molar-refractivity contribution < 1.29 is 28.0 Å². The van der Waals surface area contributed by atoms with E-state index in [2.05, 4.69) is 5.10 Å². The summed E-state index contributed by atoms with van der Waals surface area (Å²) in [6.07, 6.45) is -4.71. The van der Waals surface area contributed by atoms with Crippen molar-refractivity contribution in [3.05, 3.63) is 15.8 Å². The molecule has 20 heavy (non-hydrogen) atoms. The van der Waals surface area contributed by atoms with Crippen molar-refractivity contribution >= 4 is 17.5 Å². The average Bonchev–Trinajstić information content (AvgIpc) is 2.49. The van der Waals surface area contributed by atoms with Crippen LogP contribution in [0.3, 0.4) is 0 Å². The van der Waals surface area contributed by atoms with Gasteiger partial charge < -0.3 is 10.0 Å². The number of aryl methyl sites for hydroxylation is 2. The van der Waals surface area contributed by atoms with Gasteiger partial charge >= 0.3 is 17.8 Å². The van der Waals surface area contributed by atoms with Crippen molar-refractivity contribution in [2.75, 3.05) is 18.0 Å². The fourth-order valence-electron chi connectivity index (χ4n) is 1.79. The van der Waals surface area contributed by atoms with E-state index >= 15 is 0 Å². The number of nitro groups is 1. The molecule has 1 aromatic heterocycles. The van der Waals surface area contributed by atoms with Crippen LogP contribution in [-0.4, -0.2) is 45.0 Å². The maximum absolute atomic E-state index is 12.5. The van der Waals surface area contributed by atoms with Gasteiger partial charge in [0.15, 0.2) is 0 Å². The minimum atomic E-state index is -4.71. The Morgan fingerprint density at radius 2 is 2.10 bits per heavy atom. The Morgan fingerprint density at radius 3 is 2.50 bits per heavy atom. The molecule has 1 N–H and O–H groups in total. The molecule has 0 amide bonds. The van der Waals surface area contributed by atoms with Crippen molar-refractivity contribution in [3.8, 4) is 0 Å². The first-order chi connectivity index (χ1) is 9.03. The number of halogens is 3. The van der Waals surface area contributed by atoms with Gasteiger partial charge in [0.05, 0.1) is 4.92 Å². The van der Waals surface area contributed by atoms with Gasteiger partial charge in [-0.3, -0.25) is 14.9 Å². The summed E-state index contributed by atoms with van der Waals surface area (Å²) in [5.41, 5.74) is -0.733. The zero-order valence-corrected chi connectivity index (χ0v) is 10.5. The van der Waals surface area contributed by atoms with Gasteiger partial charge in [-0.2, -0.15) is 18.3 Å². The minimum absolute atomic E-state index is 0.0925. The summed E-state index contributed by atoms with van der Waals surface area (Å²) >= 11 is 0. The van der Waals surface area contributed by atoms with Gasteiger partial charge in [-0.15, -0.1) is 0 Å². The lowest BCUT2D eigenvalue weighted by Crippen LogP contribution is -2.39. The lowest BCUT2D eigenvalue weighted by Gasteiger charge is -2.23. The Labute approximate surface area is 110 Å². The summed E-state index contributed by atoms with van der Waals surface area (Å²) in [6.45, 7) is -1.40. The predicted molar refractivity (Wildman–Crippen MR) is 60.5 cm³/mol. The third kappa shape index (κ3) is 3.59. The highest BCUT2D eigenvalue weighted by atomic mass is 19.4. The summed E-state index contributed by atoms with van der Waals surface area (Å²) in [7, 11) is 1.21. The number of carboxylic acids is 1. The van der Waals surface area contributed by atoms with Gasteiger partial charge in [0.2, 0.25) is 5.82 Å². The van der Waals surface area contributed by atoms with Crippen molar-refractivity contribution in [2.24, 2.45) is 7.05 Å². The van der Waals surface area contributed by atoms with Gasteiger partial charge in [0, 0.05) is 7.05 Å². The number of alkyl halides is 3. The summed E-state index contributed by atoms with van der Waals surface area (Å²) in [4.78, 5) is 21.0. The van der Waals surface area contributed by atoms with Crippen LogP contribution in [0.4, 0.5) is 24.7 Å². The predicted octanol–water partition coefficient (Wildman–Crippen LogP) is 1.09. The van der Waals surface area contributed by atoms with E-state index in [1.165, 1.54) is 14.0 Å². The van der Waals surface area contributed by atoms with E-state index < -0.39 is 41.7 Å². The fraction of sp³-hybridized carbons (Fsp3) is 0.556. The topological polar surface area (TPSA) is 102 Å². The highest BCUT2D eigenvalue weighted by Gasteiger charge is 2.37. The van der Waals surface area contributed by atoms with Gasteiger partial charge in [-0.1, -0.05) is 0 Å². The average molecular weight is 296 g/mol. The van der Waals surface area contributed by atoms with Gasteiger partial charge in [0.25, 0.3) is 0 Å². The number of hydrogen-bond acceptors (Lipinski definition) is 5. The maximum Gasteiger partial charge on any atom is 0.405 e. The van der Waals surface area contributed by atoms with E-state index in [1.54, 1.807) is 0 Å². The summed E-state index contributed by atoms with van der Waals surface area (Å²) < 4.78 is 38.3. The lowest BCUT2D eigenvalue weighted by atomic mass is 10.3. The standard InChI is InChI=1S/C9H11F3N4O4/c1-5-7(16(19)20)8(14(2)13-5)15(3-6(17)18)4-9(10,11)12/h3-4H2,1-2H3,(H,17,18). The fourth-order valence-corrected chi connectivity index (χ4v) is 1.79. The molecule has 0 bridgehead atoms. The number of carboxylic acid groups (broad SMARTS) is 1. The zero-order valence-electron chi connectivity index (χ0n) is 10.5. The number of aromatic nitrogens is 2. The van der Waals surface area contributed by atoms with Crippen LogP contribution in [0.15, 0.2) is 0 Å². The smallest absolute Gasteiger partial charge is 0.405 e. The van der Waals surface area contributed by atoms with Gasteiger partial charge in [-0.05, 0) is 6.92 Å². The number of carbonyl (C=O) groups is 1. The first-order valence-corrected chi connectivity index (χ1v) is 5.24. The molecule has 0 aliphatic rings. The van der Waals surface area contributed by atoms with E-state index in [0.717, 1.165) is 4.68 Å². The van der Waals surface area contributed by atoms with Gasteiger partial charge in [-0.25, -0.2) is 4.68 Å². The maximum atomic E-state index is 12.5. The molecule has 8 nitrogen and oxygen atoms in total. The molecule has 0 spiro atoms. The number of hydrogen-bond donors (Lipinski definition) is 1. The normalized spacial score (nSPS) is 11.4. The molecule has 0 radical (unpaired) electrons. The third-order valence-corrected chi connectivity index (χ3v) is 2.34. The van der Waals surface area contributed by atoms with Crippen molar-refractivity contribution in [1.29, 1.82) is 0 Å². The van der Waals surface area contributed by atoms with Crippen molar-refractivity contribution in [2.45, 2.75) is 13.1 Å². The Kier molecular flexibility index (Phi) is 4.20. The Bertz CT molecular complexity index is 540. The molecule has 0 aromatic carbocycles. The molecule has 1 aromatic rings. The molecule has 0 aliphatic carbocycles. The lowest BCUT2D eigenvalue weighted by molar-refractivity contribution is -0.384. The third-order valence-electron chi connectivity index (χ3n) is 2.34. The summed E-state index contributed by atoms with van der Waals surface area (Å²) in [5, 5.41) is 23.2. The van der Waals surface area contributed by atoms with Crippen LogP contribution in [0.25, 0.3) is 0 Å². The quantitative estimate of drug-likeness (QED) is 0.644. The number of aliphatic carboxylic acids is 1. The number of rotatable bonds is 5. The monoisotopic (exact) mass is 296 g/mol. The van der Waals surface area contributed by atoms with E-state index in [4.69, 9.17) is 5.11 Å². The molecule has 112 valence electrons. The molecule has 0 saturated carbocycles. The molecule has 0 fully saturated rings. The van der Waals surface area contributed by atoms with Gasteiger partial charge in [0.1, 0.15) is 18.8 Å². The molecule has 0 aliphatic heterocycles. The summed E-state index contributed by atoms with van der Waals surface area (Å²) in [6, 6.07) is 0. The molecule has 0 atom stereocenters. The second-order valence-corrected chi connectivity index (χ2v) is 4.00. The highest BCUT2D eigenvalue weighted by Crippen LogP contribution is 2.32. The molecular weight excluding hydrogens is 285 g/mol. The first kappa shape index (κ1) is 15.7. The van der Waals surface area contributed by atoms with Crippen LogP contribution < -0.4 is 4.90 Å². The van der Waals surface area contributed by atoms with Crippen LogP contribution in [0.1, 0.15) is 5.69 Å². The van der Waals surface area contributed by atoms with Crippen LogP contribution in [-0.2, 0) is 11.8 Å². The number of nitrogens with zero attached hydrogens (tertiary/aromatic N) is 4. The van der Waals surface area contributed by atoms with Crippen LogP contribution >= 0.6 is 0 Å². The molecule has 1 heterocycles. The van der Waals surface area contributed by atoms with E-state index in [-0.39, 0.29) is 5.69 Å². The van der Waals surface area contributed by atoms with Crippen LogP contribution in [0.5, 0.6) is 0 Å². The van der Waals surface area contributed by atoms with Crippen molar-refractivity contribution in [3.63, 3.8) is 0 Å². The van der Waals surface area contributed by atoms with Crippen LogP contribution in [0, 0.1) is 17.0 Å². The van der Waals surface area contributed by atoms with E-state index in [9.17, 15) is 28.1 Å². The van der Waals surface area contributed by atoms with E-state index in [0.29, 0.717) is 4.90 Å². The zero-order chi connectivity index (χ0) is 15.7. The van der Waals surface area contributed by atoms with Crippen LogP contribution in [0.2, 0.25) is 0 Å². The summed E-state index contributed by atoms with van der Waals surface area (Å²) in [5.74, 6) is -2.03. The second-order valence-electron chi connectivity index (χ2n) is 4.00. The minimum Gasteiger partial charge on any atom is -0.480 e. The number of anilines is 1. The highest BCUT2D eigenvalue weighted by molar-refractivity contribution is 5.75. The Hall–Kier alpha value is -2.33. The molecular formula is C9H11F3N4O4. The van der Waals surface area contributed by atoms with Crippen molar-refractivity contribution in [1.82, 2.24) is 9.78 Å². The second kappa shape index (κ2) is 5.35.